The Labute approximate surface area is 85.5 Å². The van der Waals surface area contributed by atoms with E-state index in [0.29, 0.717) is 12.5 Å². The number of nitrogens with zero attached hydrogens (tertiary/aromatic N) is 1. The van der Waals surface area contributed by atoms with E-state index in [0.717, 1.165) is 18.0 Å². The van der Waals surface area contributed by atoms with Crippen molar-refractivity contribution in [1.82, 2.24) is 4.98 Å². The van der Waals surface area contributed by atoms with Gasteiger partial charge in [0.05, 0.1) is 6.61 Å². The van der Waals surface area contributed by atoms with Crippen LogP contribution >= 0.6 is 0 Å². The van der Waals surface area contributed by atoms with Crippen LogP contribution in [-0.4, -0.2) is 18.6 Å². The summed E-state index contributed by atoms with van der Waals surface area (Å²) in [7, 11) is 1.86. The molecule has 0 atom stereocenters. The molecule has 0 fully saturated rings. The van der Waals surface area contributed by atoms with Crippen LogP contribution in [0.1, 0.15) is 19.4 Å². The number of ether oxygens (including phenoxy) is 1. The van der Waals surface area contributed by atoms with Crippen LogP contribution in [0.15, 0.2) is 18.3 Å². The molecule has 0 radical (unpaired) electrons. The van der Waals surface area contributed by atoms with Crippen LogP contribution in [0.25, 0.3) is 0 Å². The minimum atomic E-state index is 0.584. The second-order valence-corrected chi connectivity index (χ2v) is 3.71. The predicted molar refractivity (Wildman–Crippen MR) is 58.3 cm³/mol. The Bertz CT molecular complexity index is 274. The lowest BCUT2D eigenvalue weighted by atomic mass is 10.2. The smallest absolute Gasteiger partial charge is 0.125 e. The van der Waals surface area contributed by atoms with E-state index in [1.165, 1.54) is 0 Å². The van der Waals surface area contributed by atoms with Gasteiger partial charge in [0, 0.05) is 19.9 Å². The summed E-state index contributed by atoms with van der Waals surface area (Å²) in [5, 5.41) is 3.00. The number of hydrogen-bond acceptors (Lipinski definition) is 3. The van der Waals surface area contributed by atoms with Crippen molar-refractivity contribution >= 4 is 5.82 Å². The van der Waals surface area contributed by atoms with E-state index >= 15 is 0 Å². The fourth-order valence-corrected chi connectivity index (χ4v) is 1.11. The third kappa shape index (κ3) is 3.75. The summed E-state index contributed by atoms with van der Waals surface area (Å²) < 4.78 is 5.53. The average Bonchev–Trinajstić information content (AvgIpc) is 2.18. The molecule has 0 aliphatic rings. The number of rotatable bonds is 5. The summed E-state index contributed by atoms with van der Waals surface area (Å²) in [6.07, 6.45) is 1.79. The molecule has 0 amide bonds. The maximum atomic E-state index is 5.53. The second-order valence-electron chi connectivity index (χ2n) is 3.71. The Kier molecular flexibility index (Phi) is 4.40. The molecule has 0 aliphatic heterocycles. The van der Waals surface area contributed by atoms with Crippen LogP contribution in [0.5, 0.6) is 0 Å². The molecule has 0 aliphatic carbocycles. The largest absolute Gasteiger partial charge is 0.377 e. The number of pyridine rings is 1. The zero-order valence-corrected chi connectivity index (χ0v) is 9.08. The van der Waals surface area contributed by atoms with Gasteiger partial charge in [-0.2, -0.15) is 0 Å². The summed E-state index contributed by atoms with van der Waals surface area (Å²) in [5.74, 6) is 1.47. The van der Waals surface area contributed by atoms with Gasteiger partial charge in [-0.25, -0.2) is 4.98 Å². The molecule has 3 heteroatoms. The molecular weight excluding hydrogens is 176 g/mol. The van der Waals surface area contributed by atoms with Crippen LogP contribution in [0, 0.1) is 5.92 Å². The lowest BCUT2D eigenvalue weighted by Gasteiger charge is -2.07. The molecular formula is C11H18N2O. The van der Waals surface area contributed by atoms with Crippen LogP contribution in [0.2, 0.25) is 0 Å². The molecule has 0 unspecified atom stereocenters. The first kappa shape index (κ1) is 11.0. The number of anilines is 1. The predicted octanol–water partition coefficient (Wildman–Crippen LogP) is 2.30. The SMILES string of the molecule is CNc1cc(COCC(C)C)ccn1. The van der Waals surface area contributed by atoms with Crippen LogP contribution in [0.4, 0.5) is 5.82 Å². The van der Waals surface area contributed by atoms with E-state index in [1.54, 1.807) is 6.20 Å². The van der Waals surface area contributed by atoms with Gasteiger partial charge in [0.1, 0.15) is 5.82 Å². The molecule has 1 N–H and O–H groups in total. The second kappa shape index (κ2) is 5.60. The third-order valence-corrected chi connectivity index (χ3v) is 1.80. The standard InChI is InChI=1S/C11H18N2O/c1-9(2)7-14-8-10-4-5-13-11(6-10)12-3/h4-6,9H,7-8H2,1-3H3,(H,12,13). The molecule has 78 valence electrons. The van der Waals surface area contributed by atoms with Crippen molar-refractivity contribution in [1.29, 1.82) is 0 Å². The first-order chi connectivity index (χ1) is 6.72. The molecule has 1 aromatic heterocycles. The van der Waals surface area contributed by atoms with Gasteiger partial charge >= 0.3 is 0 Å². The highest BCUT2D eigenvalue weighted by Crippen LogP contribution is 2.07. The van der Waals surface area contributed by atoms with E-state index in [9.17, 15) is 0 Å². The van der Waals surface area contributed by atoms with Crippen LogP contribution in [0.3, 0.4) is 0 Å². The van der Waals surface area contributed by atoms with Crippen molar-refractivity contribution in [2.45, 2.75) is 20.5 Å². The van der Waals surface area contributed by atoms with Gasteiger partial charge in [0.2, 0.25) is 0 Å². The highest BCUT2D eigenvalue weighted by molar-refractivity contribution is 5.36. The zero-order chi connectivity index (χ0) is 10.4. The molecule has 1 rings (SSSR count). The average molecular weight is 194 g/mol. The lowest BCUT2D eigenvalue weighted by Crippen LogP contribution is -2.02. The Morgan fingerprint density at radius 3 is 2.93 bits per heavy atom. The molecule has 0 spiro atoms. The van der Waals surface area contributed by atoms with Crippen molar-refractivity contribution < 1.29 is 4.74 Å². The minimum Gasteiger partial charge on any atom is -0.377 e. The summed E-state index contributed by atoms with van der Waals surface area (Å²) >= 11 is 0. The van der Waals surface area contributed by atoms with Gasteiger partial charge in [-0.15, -0.1) is 0 Å². The molecule has 1 aromatic rings. The van der Waals surface area contributed by atoms with Gasteiger partial charge in [-0.1, -0.05) is 13.8 Å². The topological polar surface area (TPSA) is 34.1 Å². The quantitative estimate of drug-likeness (QED) is 0.781. The minimum absolute atomic E-state index is 0.584. The van der Waals surface area contributed by atoms with E-state index in [2.05, 4.69) is 24.1 Å². The first-order valence-electron chi connectivity index (χ1n) is 4.93. The maximum Gasteiger partial charge on any atom is 0.125 e. The van der Waals surface area contributed by atoms with Crippen molar-refractivity contribution in [3.05, 3.63) is 23.9 Å². The monoisotopic (exact) mass is 194 g/mol. The van der Waals surface area contributed by atoms with Gasteiger partial charge in [-0.3, -0.25) is 0 Å². The Morgan fingerprint density at radius 2 is 2.29 bits per heavy atom. The maximum absolute atomic E-state index is 5.53. The summed E-state index contributed by atoms with van der Waals surface area (Å²) in [6, 6.07) is 3.97. The van der Waals surface area contributed by atoms with E-state index in [4.69, 9.17) is 4.74 Å². The van der Waals surface area contributed by atoms with E-state index in [-0.39, 0.29) is 0 Å². The number of nitrogens with one attached hydrogen (secondary N) is 1. The van der Waals surface area contributed by atoms with E-state index in [1.807, 2.05) is 19.2 Å². The van der Waals surface area contributed by atoms with Crippen LogP contribution in [-0.2, 0) is 11.3 Å². The van der Waals surface area contributed by atoms with Gasteiger partial charge in [0.25, 0.3) is 0 Å². The normalized spacial score (nSPS) is 10.6. The zero-order valence-electron chi connectivity index (χ0n) is 9.08. The van der Waals surface area contributed by atoms with Gasteiger partial charge < -0.3 is 10.1 Å². The Hall–Kier alpha value is -1.09. The number of aromatic nitrogens is 1. The highest BCUT2D eigenvalue weighted by atomic mass is 16.5. The summed E-state index contributed by atoms with van der Waals surface area (Å²) in [5.41, 5.74) is 1.16. The molecule has 3 nitrogen and oxygen atoms in total. The Balaban J connectivity index is 2.42. The van der Waals surface area contributed by atoms with Gasteiger partial charge in [0.15, 0.2) is 0 Å². The first-order valence-corrected chi connectivity index (χ1v) is 4.93. The number of hydrogen-bond donors (Lipinski definition) is 1. The lowest BCUT2D eigenvalue weighted by molar-refractivity contribution is 0.0971. The molecule has 1 heterocycles. The Morgan fingerprint density at radius 1 is 1.50 bits per heavy atom. The van der Waals surface area contributed by atoms with Crippen molar-refractivity contribution in [3.63, 3.8) is 0 Å². The summed E-state index contributed by atoms with van der Waals surface area (Å²) in [6.45, 7) is 5.75. The molecule has 0 bridgehead atoms. The molecule has 0 saturated carbocycles. The molecule has 0 saturated heterocycles. The fraction of sp³-hybridized carbons (Fsp3) is 0.545. The van der Waals surface area contributed by atoms with Crippen molar-refractivity contribution in [2.75, 3.05) is 19.0 Å². The van der Waals surface area contributed by atoms with Crippen molar-refractivity contribution in [2.24, 2.45) is 5.92 Å². The third-order valence-electron chi connectivity index (χ3n) is 1.80. The molecule has 0 aromatic carbocycles. The highest BCUT2D eigenvalue weighted by Gasteiger charge is 1.97. The van der Waals surface area contributed by atoms with Crippen molar-refractivity contribution in [3.8, 4) is 0 Å². The summed E-state index contributed by atoms with van der Waals surface area (Å²) in [4.78, 5) is 4.13. The fourth-order valence-electron chi connectivity index (χ4n) is 1.11. The van der Waals surface area contributed by atoms with E-state index < -0.39 is 0 Å². The van der Waals surface area contributed by atoms with Gasteiger partial charge in [-0.05, 0) is 23.6 Å². The molecule has 14 heavy (non-hydrogen) atoms. The van der Waals surface area contributed by atoms with Crippen LogP contribution < -0.4 is 5.32 Å².